The Bertz CT molecular complexity index is 434. The van der Waals surface area contributed by atoms with Gasteiger partial charge in [0.1, 0.15) is 17.9 Å². The van der Waals surface area contributed by atoms with E-state index in [9.17, 15) is 4.79 Å². The monoisotopic (exact) mass is 278 g/mol. The molecule has 1 aliphatic carbocycles. The van der Waals surface area contributed by atoms with Gasteiger partial charge in [-0.25, -0.2) is 0 Å². The van der Waals surface area contributed by atoms with Crippen molar-refractivity contribution in [2.24, 2.45) is 5.73 Å². The zero-order valence-electron chi connectivity index (χ0n) is 11.8. The maximum Gasteiger partial charge on any atom is 0.239 e. The van der Waals surface area contributed by atoms with Crippen molar-refractivity contribution in [1.82, 2.24) is 5.32 Å². The molecule has 0 spiro atoms. The number of hydrogen-bond donors (Lipinski definition) is 2. The van der Waals surface area contributed by atoms with Crippen LogP contribution >= 0.6 is 0 Å². The molecule has 2 rings (SSSR count). The van der Waals surface area contributed by atoms with Gasteiger partial charge in [0.2, 0.25) is 5.91 Å². The first-order valence-electron chi connectivity index (χ1n) is 6.93. The number of para-hydroxylation sites is 1. The molecule has 1 aromatic carbocycles. The molecule has 1 fully saturated rings. The third-order valence-electron chi connectivity index (χ3n) is 3.27. The van der Waals surface area contributed by atoms with Crippen molar-refractivity contribution in [2.75, 3.05) is 19.8 Å². The summed E-state index contributed by atoms with van der Waals surface area (Å²) in [6.45, 7) is 2.91. The van der Waals surface area contributed by atoms with Crippen LogP contribution < -0.4 is 15.8 Å². The van der Waals surface area contributed by atoms with E-state index in [2.05, 4.69) is 5.32 Å². The standard InChI is InChI=1S/C15H22N2O3/c1-15(14(16)18,17-12-7-8-12)11-19-9-10-20-13-5-3-2-4-6-13/h2-6,12,17H,7-11H2,1H3,(H2,16,18). The van der Waals surface area contributed by atoms with Crippen molar-refractivity contribution in [2.45, 2.75) is 31.3 Å². The highest BCUT2D eigenvalue weighted by molar-refractivity contribution is 5.84. The Balaban J connectivity index is 1.67. The smallest absolute Gasteiger partial charge is 0.239 e. The predicted molar refractivity (Wildman–Crippen MR) is 76.5 cm³/mol. The summed E-state index contributed by atoms with van der Waals surface area (Å²) in [5.41, 5.74) is 4.64. The van der Waals surface area contributed by atoms with Crippen molar-refractivity contribution in [3.63, 3.8) is 0 Å². The van der Waals surface area contributed by atoms with Gasteiger partial charge in [-0.3, -0.25) is 10.1 Å². The summed E-state index contributed by atoms with van der Waals surface area (Å²) < 4.78 is 11.0. The maximum atomic E-state index is 11.5. The van der Waals surface area contributed by atoms with Gasteiger partial charge in [-0.15, -0.1) is 0 Å². The largest absolute Gasteiger partial charge is 0.491 e. The number of benzene rings is 1. The number of primary amides is 1. The Hall–Kier alpha value is -1.59. The lowest BCUT2D eigenvalue weighted by Crippen LogP contribution is -2.57. The van der Waals surface area contributed by atoms with Crippen molar-refractivity contribution in [3.8, 4) is 5.75 Å². The quantitative estimate of drug-likeness (QED) is 0.663. The third kappa shape index (κ3) is 4.51. The number of nitrogens with one attached hydrogen (secondary N) is 1. The minimum absolute atomic E-state index is 0.261. The highest BCUT2D eigenvalue weighted by Gasteiger charge is 2.37. The molecule has 0 saturated heterocycles. The number of rotatable bonds is 9. The van der Waals surface area contributed by atoms with Crippen molar-refractivity contribution < 1.29 is 14.3 Å². The number of amides is 1. The summed E-state index contributed by atoms with van der Waals surface area (Å²) in [7, 11) is 0. The third-order valence-corrected chi connectivity index (χ3v) is 3.27. The molecule has 1 aliphatic rings. The highest BCUT2D eigenvalue weighted by atomic mass is 16.5. The average Bonchev–Trinajstić information content (AvgIpc) is 3.23. The molecule has 0 heterocycles. The van der Waals surface area contributed by atoms with Gasteiger partial charge < -0.3 is 15.2 Å². The van der Waals surface area contributed by atoms with Crippen LogP contribution in [0, 0.1) is 0 Å². The molecular formula is C15H22N2O3. The van der Waals surface area contributed by atoms with Crippen LogP contribution in [0.2, 0.25) is 0 Å². The van der Waals surface area contributed by atoms with Gasteiger partial charge in [-0.05, 0) is 31.9 Å². The van der Waals surface area contributed by atoms with Crippen LogP contribution in [-0.4, -0.2) is 37.3 Å². The number of carbonyl (C=O) groups excluding carboxylic acids is 1. The molecule has 0 radical (unpaired) electrons. The molecule has 20 heavy (non-hydrogen) atoms. The fourth-order valence-electron chi connectivity index (χ4n) is 1.87. The zero-order valence-corrected chi connectivity index (χ0v) is 11.8. The van der Waals surface area contributed by atoms with Gasteiger partial charge in [0.25, 0.3) is 0 Å². The first-order chi connectivity index (χ1) is 9.60. The lowest BCUT2D eigenvalue weighted by atomic mass is 10.0. The molecule has 0 aliphatic heterocycles. The van der Waals surface area contributed by atoms with Crippen LogP contribution in [0.1, 0.15) is 19.8 Å². The molecular weight excluding hydrogens is 256 g/mol. The van der Waals surface area contributed by atoms with E-state index in [0.29, 0.717) is 19.3 Å². The van der Waals surface area contributed by atoms with E-state index in [-0.39, 0.29) is 12.5 Å². The Kier molecular flexibility index (Phi) is 4.98. The fraction of sp³-hybridized carbons (Fsp3) is 0.533. The Labute approximate surface area is 119 Å². The molecule has 1 atom stereocenters. The van der Waals surface area contributed by atoms with E-state index in [1.54, 1.807) is 6.92 Å². The van der Waals surface area contributed by atoms with Gasteiger partial charge in [-0.1, -0.05) is 18.2 Å². The molecule has 0 aromatic heterocycles. The van der Waals surface area contributed by atoms with Gasteiger partial charge in [-0.2, -0.15) is 0 Å². The van der Waals surface area contributed by atoms with Gasteiger partial charge in [0.05, 0.1) is 13.2 Å². The van der Waals surface area contributed by atoms with E-state index in [1.165, 1.54) is 0 Å². The van der Waals surface area contributed by atoms with Crippen LogP contribution in [0.3, 0.4) is 0 Å². The van der Waals surface area contributed by atoms with E-state index >= 15 is 0 Å². The number of hydrogen-bond acceptors (Lipinski definition) is 4. The molecule has 1 amide bonds. The summed E-state index contributed by atoms with van der Waals surface area (Å²) in [5.74, 6) is 0.429. The molecule has 110 valence electrons. The van der Waals surface area contributed by atoms with E-state index < -0.39 is 5.54 Å². The molecule has 1 saturated carbocycles. The van der Waals surface area contributed by atoms with Gasteiger partial charge in [0.15, 0.2) is 0 Å². The molecule has 0 bridgehead atoms. The zero-order chi connectivity index (χ0) is 14.4. The van der Waals surface area contributed by atoms with Crippen LogP contribution in [0.5, 0.6) is 5.75 Å². The van der Waals surface area contributed by atoms with Gasteiger partial charge in [0, 0.05) is 6.04 Å². The first kappa shape index (κ1) is 14.8. The molecule has 1 unspecified atom stereocenters. The lowest BCUT2D eigenvalue weighted by molar-refractivity contribution is -0.126. The summed E-state index contributed by atoms with van der Waals surface area (Å²) in [6.07, 6.45) is 2.19. The highest BCUT2D eigenvalue weighted by Crippen LogP contribution is 2.22. The minimum atomic E-state index is -0.798. The average molecular weight is 278 g/mol. The Morgan fingerprint density at radius 3 is 2.65 bits per heavy atom. The second-order valence-electron chi connectivity index (χ2n) is 5.33. The van der Waals surface area contributed by atoms with E-state index in [1.807, 2.05) is 30.3 Å². The molecule has 5 heteroatoms. The van der Waals surface area contributed by atoms with E-state index in [0.717, 1.165) is 18.6 Å². The van der Waals surface area contributed by atoms with Crippen molar-refractivity contribution in [1.29, 1.82) is 0 Å². The van der Waals surface area contributed by atoms with Crippen LogP contribution in [0.25, 0.3) is 0 Å². The Morgan fingerprint density at radius 1 is 1.35 bits per heavy atom. The van der Waals surface area contributed by atoms with E-state index in [4.69, 9.17) is 15.2 Å². The second-order valence-corrected chi connectivity index (χ2v) is 5.33. The first-order valence-corrected chi connectivity index (χ1v) is 6.93. The molecule has 5 nitrogen and oxygen atoms in total. The normalized spacial score (nSPS) is 17.4. The number of carbonyl (C=O) groups is 1. The minimum Gasteiger partial charge on any atom is -0.491 e. The van der Waals surface area contributed by atoms with Crippen LogP contribution in [0.4, 0.5) is 0 Å². The molecule has 3 N–H and O–H groups in total. The lowest BCUT2D eigenvalue weighted by Gasteiger charge is -2.27. The van der Waals surface area contributed by atoms with Crippen molar-refractivity contribution >= 4 is 5.91 Å². The maximum absolute atomic E-state index is 11.5. The number of ether oxygens (including phenoxy) is 2. The summed E-state index contributed by atoms with van der Waals surface area (Å²) in [4.78, 5) is 11.5. The fourth-order valence-corrected chi connectivity index (χ4v) is 1.87. The van der Waals surface area contributed by atoms with Crippen LogP contribution in [0.15, 0.2) is 30.3 Å². The summed E-state index contributed by atoms with van der Waals surface area (Å²) in [6, 6.07) is 9.95. The molecule has 1 aromatic rings. The topological polar surface area (TPSA) is 73.6 Å². The second kappa shape index (κ2) is 6.72. The summed E-state index contributed by atoms with van der Waals surface area (Å²) >= 11 is 0. The Morgan fingerprint density at radius 2 is 2.05 bits per heavy atom. The van der Waals surface area contributed by atoms with Crippen LogP contribution in [-0.2, 0) is 9.53 Å². The predicted octanol–water partition coefficient (Wildman–Crippen LogP) is 1.08. The van der Waals surface area contributed by atoms with Gasteiger partial charge >= 0.3 is 0 Å². The van der Waals surface area contributed by atoms with Crippen molar-refractivity contribution in [3.05, 3.63) is 30.3 Å². The SMILES string of the molecule is CC(COCCOc1ccccc1)(NC1CC1)C(N)=O. The number of nitrogens with two attached hydrogens (primary N) is 1. The summed E-state index contributed by atoms with van der Waals surface area (Å²) in [5, 5.41) is 3.24.